The maximum absolute atomic E-state index is 10.7. The first-order chi connectivity index (χ1) is 6.03. The van der Waals surface area contributed by atoms with Crippen molar-refractivity contribution in [3.05, 3.63) is 0 Å². The predicted octanol–water partition coefficient (Wildman–Crippen LogP) is 1.61. The van der Waals surface area contributed by atoms with Gasteiger partial charge in [0.25, 0.3) is 0 Å². The minimum Gasteiger partial charge on any atom is -0.480 e. The molecule has 0 spiro atoms. The second kappa shape index (κ2) is 3.66. The maximum Gasteiger partial charge on any atom is 0.320 e. The highest BCUT2D eigenvalue weighted by Gasteiger charge is 2.44. The van der Waals surface area contributed by atoms with Crippen molar-refractivity contribution in [1.82, 2.24) is 0 Å². The molecule has 0 aromatic rings. The molecule has 1 aliphatic rings. The van der Waals surface area contributed by atoms with Crippen LogP contribution in [0, 0.1) is 11.3 Å². The van der Waals surface area contributed by atoms with Crippen LogP contribution in [0.3, 0.4) is 0 Å². The minimum atomic E-state index is -0.868. The first-order valence-corrected chi connectivity index (χ1v) is 5.02. The van der Waals surface area contributed by atoms with E-state index in [1.165, 1.54) is 6.42 Å². The highest BCUT2D eigenvalue weighted by molar-refractivity contribution is 5.73. The molecule has 13 heavy (non-hydrogen) atoms. The number of carboxylic acids is 1. The number of carbonyl (C=O) groups is 1. The standard InChI is InChI=1S/C10H19NO2/c1-3-10(5-4-6-10)7(2)8(11)9(12)13/h7-8H,3-6,11H2,1-2H3,(H,12,13). The van der Waals surface area contributed by atoms with Crippen molar-refractivity contribution in [1.29, 1.82) is 0 Å². The number of nitrogens with two attached hydrogens (primary N) is 1. The Bertz CT molecular complexity index is 194. The number of aliphatic carboxylic acids is 1. The normalized spacial score (nSPS) is 24.5. The van der Waals surface area contributed by atoms with Crippen molar-refractivity contribution in [3.8, 4) is 0 Å². The first kappa shape index (κ1) is 10.5. The average molecular weight is 185 g/mol. The fraction of sp³-hybridized carbons (Fsp3) is 0.900. The van der Waals surface area contributed by atoms with Gasteiger partial charge in [-0.05, 0) is 24.2 Å². The van der Waals surface area contributed by atoms with Gasteiger partial charge >= 0.3 is 5.97 Å². The fourth-order valence-electron chi connectivity index (χ4n) is 2.36. The summed E-state index contributed by atoms with van der Waals surface area (Å²) < 4.78 is 0. The van der Waals surface area contributed by atoms with E-state index in [0.29, 0.717) is 0 Å². The van der Waals surface area contributed by atoms with Crippen molar-refractivity contribution in [2.45, 2.75) is 45.6 Å². The third-order valence-corrected chi connectivity index (χ3v) is 3.84. The molecule has 1 saturated carbocycles. The molecule has 0 saturated heterocycles. The Balaban J connectivity index is 2.64. The molecule has 3 N–H and O–H groups in total. The molecular weight excluding hydrogens is 166 g/mol. The predicted molar refractivity (Wildman–Crippen MR) is 51.4 cm³/mol. The molecule has 0 bridgehead atoms. The van der Waals surface area contributed by atoms with Gasteiger partial charge in [0.1, 0.15) is 6.04 Å². The van der Waals surface area contributed by atoms with Crippen LogP contribution in [0.5, 0.6) is 0 Å². The lowest BCUT2D eigenvalue weighted by Gasteiger charge is -2.47. The van der Waals surface area contributed by atoms with Crippen molar-refractivity contribution < 1.29 is 9.90 Å². The van der Waals surface area contributed by atoms with E-state index in [1.54, 1.807) is 0 Å². The summed E-state index contributed by atoms with van der Waals surface area (Å²) in [4.78, 5) is 10.7. The van der Waals surface area contributed by atoms with Crippen LogP contribution >= 0.6 is 0 Å². The molecule has 0 radical (unpaired) electrons. The maximum atomic E-state index is 10.7. The summed E-state index contributed by atoms with van der Waals surface area (Å²) in [5, 5.41) is 8.81. The van der Waals surface area contributed by atoms with Gasteiger partial charge in [-0.25, -0.2) is 0 Å². The number of hydrogen-bond acceptors (Lipinski definition) is 2. The quantitative estimate of drug-likeness (QED) is 0.699. The highest BCUT2D eigenvalue weighted by Crippen LogP contribution is 2.50. The van der Waals surface area contributed by atoms with Gasteiger partial charge in [-0.2, -0.15) is 0 Å². The number of rotatable bonds is 4. The summed E-state index contributed by atoms with van der Waals surface area (Å²) in [5.74, 6) is -0.768. The molecular formula is C10H19NO2. The third-order valence-electron chi connectivity index (χ3n) is 3.84. The van der Waals surface area contributed by atoms with Gasteiger partial charge in [0.2, 0.25) is 0 Å². The Hall–Kier alpha value is -0.570. The van der Waals surface area contributed by atoms with Crippen LogP contribution in [0.25, 0.3) is 0 Å². The summed E-state index contributed by atoms with van der Waals surface area (Å²) in [7, 11) is 0. The first-order valence-electron chi connectivity index (χ1n) is 5.02. The topological polar surface area (TPSA) is 63.3 Å². The van der Waals surface area contributed by atoms with E-state index in [9.17, 15) is 4.79 Å². The Morgan fingerprint density at radius 3 is 2.38 bits per heavy atom. The molecule has 76 valence electrons. The Kier molecular flexibility index (Phi) is 2.96. The molecule has 2 atom stereocenters. The summed E-state index contributed by atoms with van der Waals surface area (Å²) in [5.41, 5.74) is 5.85. The van der Waals surface area contributed by atoms with E-state index < -0.39 is 12.0 Å². The number of carboxylic acid groups (broad SMARTS) is 1. The van der Waals surface area contributed by atoms with Crippen LogP contribution in [0.4, 0.5) is 0 Å². The van der Waals surface area contributed by atoms with E-state index in [4.69, 9.17) is 10.8 Å². The van der Waals surface area contributed by atoms with Crippen LogP contribution in [-0.4, -0.2) is 17.1 Å². The van der Waals surface area contributed by atoms with Crippen LogP contribution in [-0.2, 0) is 4.79 Å². The molecule has 3 nitrogen and oxygen atoms in total. The Labute approximate surface area is 79.3 Å². The monoisotopic (exact) mass is 185 g/mol. The SMILES string of the molecule is CCC1(C(C)C(N)C(=O)O)CCC1. The zero-order valence-electron chi connectivity index (χ0n) is 8.42. The lowest BCUT2D eigenvalue weighted by atomic mass is 9.58. The van der Waals surface area contributed by atoms with E-state index >= 15 is 0 Å². The molecule has 1 fully saturated rings. The number of hydrogen-bond donors (Lipinski definition) is 2. The average Bonchev–Trinajstić information content (AvgIpc) is 2.01. The van der Waals surface area contributed by atoms with E-state index in [0.717, 1.165) is 19.3 Å². The Morgan fingerprint density at radius 1 is 1.62 bits per heavy atom. The van der Waals surface area contributed by atoms with Gasteiger partial charge in [-0.1, -0.05) is 26.7 Å². The smallest absolute Gasteiger partial charge is 0.320 e. The molecule has 2 unspecified atom stereocenters. The fourth-order valence-corrected chi connectivity index (χ4v) is 2.36. The summed E-state index contributed by atoms with van der Waals surface area (Å²) in [6, 6.07) is -0.694. The van der Waals surface area contributed by atoms with Crippen LogP contribution in [0.2, 0.25) is 0 Å². The van der Waals surface area contributed by atoms with E-state index in [2.05, 4.69) is 6.92 Å². The Morgan fingerprint density at radius 2 is 2.15 bits per heavy atom. The molecule has 0 aliphatic heterocycles. The molecule has 1 aliphatic carbocycles. The van der Waals surface area contributed by atoms with Gasteiger partial charge in [0.15, 0.2) is 0 Å². The minimum absolute atomic E-state index is 0.101. The van der Waals surface area contributed by atoms with E-state index in [1.807, 2.05) is 6.92 Å². The van der Waals surface area contributed by atoms with Crippen LogP contribution in [0.1, 0.15) is 39.5 Å². The zero-order chi connectivity index (χ0) is 10.1. The molecule has 3 heteroatoms. The van der Waals surface area contributed by atoms with Gasteiger partial charge in [-0.3, -0.25) is 4.79 Å². The molecule has 0 heterocycles. The second-order valence-corrected chi connectivity index (χ2v) is 4.22. The van der Waals surface area contributed by atoms with E-state index in [-0.39, 0.29) is 11.3 Å². The molecule has 0 amide bonds. The second-order valence-electron chi connectivity index (χ2n) is 4.22. The summed E-state index contributed by atoms with van der Waals surface area (Å²) >= 11 is 0. The van der Waals surface area contributed by atoms with Gasteiger partial charge in [-0.15, -0.1) is 0 Å². The lowest BCUT2D eigenvalue weighted by molar-refractivity contribution is -0.142. The van der Waals surface area contributed by atoms with Crippen molar-refractivity contribution in [2.75, 3.05) is 0 Å². The van der Waals surface area contributed by atoms with Crippen molar-refractivity contribution >= 4 is 5.97 Å². The van der Waals surface area contributed by atoms with Gasteiger partial charge in [0, 0.05) is 0 Å². The lowest BCUT2D eigenvalue weighted by Crippen LogP contribution is -2.48. The van der Waals surface area contributed by atoms with Crippen LogP contribution in [0.15, 0.2) is 0 Å². The zero-order valence-corrected chi connectivity index (χ0v) is 8.42. The largest absolute Gasteiger partial charge is 0.480 e. The summed E-state index contributed by atoms with van der Waals surface area (Å²) in [6.45, 7) is 4.10. The molecule has 0 aromatic heterocycles. The van der Waals surface area contributed by atoms with Crippen LogP contribution < -0.4 is 5.73 Å². The van der Waals surface area contributed by atoms with Crippen molar-refractivity contribution in [2.24, 2.45) is 17.1 Å². The summed E-state index contributed by atoms with van der Waals surface area (Å²) in [6.07, 6.45) is 4.57. The van der Waals surface area contributed by atoms with Gasteiger partial charge in [0.05, 0.1) is 0 Å². The van der Waals surface area contributed by atoms with Crippen molar-refractivity contribution in [3.63, 3.8) is 0 Å². The third kappa shape index (κ3) is 1.70. The highest BCUT2D eigenvalue weighted by atomic mass is 16.4. The molecule has 0 aromatic carbocycles. The van der Waals surface area contributed by atoms with Gasteiger partial charge < -0.3 is 10.8 Å². The molecule has 1 rings (SSSR count).